The number of anilines is 1. The molecule has 0 saturated heterocycles. The summed E-state index contributed by atoms with van der Waals surface area (Å²) in [6, 6.07) is 15.8. The first-order valence-corrected chi connectivity index (χ1v) is 15.5. The second-order valence-electron chi connectivity index (χ2n) is 11.5. The number of hydrogen-bond donors (Lipinski definition) is 2. The van der Waals surface area contributed by atoms with E-state index in [1.807, 2.05) is 0 Å². The van der Waals surface area contributed by atoms with Crippen molar-refractivity contribution in [2.75, 3.05) is 19.5 Å². The number of halogens is 3. The van der Waals surface area contributed by atoms with Gasteiger partial charge in [0, 0.05) is 39.4 Å². The predicted molar refractivity (Wildman–Crippen MR) is 181 cm³/mol. The SMILES string of the molecule is COc1cc2nccc(Oc3ccc(NC(=O)c4cc(Br)c(COC(N)=O)n(C(C)(C)Cc5ccc(F)cc5)c4=O)cc3F)c2cc1OC. The van der Waals surface area contributed by atoms with Crippen molar-refractivity contribution >= 4 is 44.5 Å². The third-order valence-corrected chi connectivity index (χ3v) is 8.30. The number of methoxy groups -OCH3 is 2. The first kappa shape index (κ1) is 34.8. The van der Waals surface area contributed by atoms with E-state index in [9.17, 15) is 18.8 Å². The van der Waals surface area contributed by atoms with Gasteiger partial charge in [0.1, 0.15) is 23.7 Å². The second-order valence-corrected chi connectivity index (χ2v) is 12.3. The fourth-order valence-electron chi connectivity index (χ4n) is 5.39. The van der Waals surface area contributed by atoms with Gasteiger partial charge in [0.05, 0.1) is 25.4 Å². The van der Waals surface area contributed by atoms with Gasteiger partial charge in [-0.25, -0.2) is 13.6 Å². The van der Waals surface area contributed by atoms with Crippen LogP contribution >= 0.6 is 15.9 Å². The fourth-order valence-corrected chi connectivity index (χ4v) is 5.91. The molecule has 0 spiro atoms. The van der Waals surface area contributed by atoms with E-state index in [1.54, 1.807) is 44.2 Å². The number of fused-ring (bicyclic) bond motifs is 1. The quantitative estimate of drug-likeness (QED) is 0.147. The molecule has 254 valence electrons. The van der Waals surface area contributed by atoms with Gasteiger partial charge in [-0.1, -0.05) is 12.1 Å². The summed E-state index contributed by atoms with van der Waals surface area (Å²) in [5, 5.41) is 3.11. The van der Waals surface area contributed by atoms with Crippen LogP contribution in [0.5, 0.6) is 23.0 Å². The van der Waals surface area contributed by atoms with E-state index in [0.717, 1.165) is 6.07 Å². The van der Waals surface area contributed by atoms with Gasteiger partial charge < -0.3 is 34.6 Å². The second kappa shape index (κ2) is 14.3. The Kier molecular flexibility index (Phi) is 10.2. The third-order valence-electron chi connectivity index (χ3n) is 7.62. The maximum Gasteiger partial charge on any atom is 0.404 e. The average Bonchev–Trinajstić information content (AvgIpc) is 3.06. The minimum Gasteiger partial charge on any atom is -0.493 e. The first-order chi connectivity index (χ1) is 23.3. The molecule has 2 aromatic heterocycles. The Morgan fingerprint density at radius 1 is 0.939 bits per heavy atom. The zero-order valence-corrected chi connectivity index (χ0v) is 28.4. The number of pyridine rings is 2. The highest BCUT2D eigenvalue weighted by Gasteiger charge is 2.30. The number of hydrogen-bond acceptors (Lipinski definition) is 8. The number of benzene rings is 3. The monoisotopic (exact) mass is 736 g/mol. The molecule has 0 radical (unpaired) electrons. The van der Waals surface area contributed by atoms with E-state index in [0.29, 0.717) is 33.7 Å². The summed E-state index contributed by atoms with van der Waals surface area (Å²) >= 11 is 3.39. The highest BCUT2D eigenvalue weighted by Crippen LogP contribution is 2.37. The number of nitrogens with zero attached hydrogens (tertiary/aromatic N) is 2. The van der Waals surface area contributed by atoms with Crippen molar-refractivity contribution in [2.45, 2.75) is 32.4 Å². The van der Waals surface area contributed by atoms with Gasteiger partial charge >= 0.3 is 6.09 Å². The van der Waals surface area contributed by atoms with E-state index in [2.05, 4.69) is 26.2 Å². The van der Waals surface area contributed by atoms with Gasteiger partial charge in [-0.05, 0) is 84.2 Å². The van der Waals surface area contributed by atoms with E-state index in [-0.39, 0.29) is 40.2 Å². The van der Waals surface area contributed by atoms with Crippen LogP contribution in [0.2, 0.25) is 0 Å². The molecule has 5 rings (SSSR count). The van der Waals surface area contributed by atoms with Crippen LogP contribution in [0.4, 0.5) is 19.3 Å². The summed E-state index contributed by atoms with van der Waals surface area (Å²) in [7, 11) is 2.99. The van der Waals surface area contributed by atoms with Crippen LogP contribution in [0.15, 0.2) is 82.2 Å². The standard InChI is InChI=1S/C35H31BrF2N4O7/c1-35(2,17-19-5-7-20(37)8-6-19)42-27(18-48-34(39)45)24(36)14-23(33(42)44)32(43)41-21-9-10-29(25(38)13-21)49-28-11-12-40-26-16-31(47-4)30(46-3)15-22(26)28/h5-16H,17-18H2,1-4H3,(H2,39,45)(H,41,43). The number of ether oxygens (including phenoxy) is 4. The number of aromatic nitrogens is 2. The lowest BCUT2D eigenvalue weighted by Gasteiger charge is -2.31. The lowest BCUT2D eigenvalue weighted by Crippen LogP contribution is -2.43. The van der Waals surface area contributed by atoms with Gasteiger partial charge in [-0.3, -0.25) is 14.6 Å². The topological polar surface area (TPSA) is 144 Å². The predicted octanol–water partition coefficient (Wildman–Crippen LogP) is 7.07. The van der Waals surface area contributed by atoms with Gasteiger partial charge in [-0.2, -0.15) is 0 Å². The number of amides is 2. The molecule has 0 atom stereocenters. The number of carbonyl (C=O) groups is 2. The Balaban J connectivity index is 1.44. The molecule has 5 aromatic rings. The van der Waals surface area contributed by atoms with E-state index >= 15 is 4.39 Å². The zero-order chi connectivity index (χ0) is 35.5. The molecule has 2 amide bonds. The first-order valence-electron chi connectivity index (χ1n) is 14.7. The average molecular weight is 738 g/mol. The number of carbonyl (C=O) groups excluding carboxylic acids is 2. The van der Waals surface area contributed by atoms with Crippen molar-refractivity contribution in [3.8, 4) is 23.0 Å². The molecule has 14 heteroatoms. The van der Waals surface area contributed by atoms with E-state index < -0.39 is 34.7 Å². The zero-order valence-electron chi connectivity index (χ0n) is 26.8. The highest BCUT2D eigenvalue weighted by atomic mass is 79.9. The van der Waals surface area contributed by atoms with Crippen LogP contribution in [-0.4, -0.2) is 35.8 Å². The van der Waals surface area contributed by atoms with Gasteiger partial charge in [-0.15, -0.1) is 0 Å². The van der Waals surface area contributed by atoms with Crippen LogP contribution in [-0.2, 0) is 23.3 Å². The van der Waals surface area contributed by atoms with Gasteiger partial charge in [0.25, 0.3) is 11.5 Å². The molecule has 11 nitrogen and oxygen atoms in total. The Morgan fingerprint density at radius 3 is 2.29 bits per heavy atom. The highest BCUT2D eigenvalue weighted by molar-refractivity contribution is 9.10. The molecule has 0 aliphatic carbocycles. The molecule has 2 heterocycles. The van der Waals surface area contributed by atoms with Crippen molar-refractivity contribution in [2.24, 2.45) is 5.73 Å². The van der Waals surface area contributed by atoms with E-state index in [4.69, 9.17) is 24.7 Å². The van der Waals surface area contributed by atoms with Crippen molar-refractivity contribution < 1.29 is 37.3 Å². The molecule has 0 bridgehead atoms. The maximum atomic E-state index is 15.4. The molecule has 0 fully saturated rings. The lowest BCUT2D eigenvalue weighted by molar-refractivity contribution is 0.102. The van der Waals surface area contributed by atoms with Crippen LogP contribution < -0.4 is 30.8 Å². The normalized spacial score (nSPS) is 11.2. The third kappa shape index (κ3) is 7.64. The lowest BCUT2D eigenvalue weighted by atomic mass is 9.93. The summed E-state index contributed by atoms with van der Waals surface area (Å²) in [6.07, 6.45) is 0.692. The number of primary amides is 1. The van der Waals surface area contributed by atoms with Crippen molar-refractivity contribution in [1.82, 2.24) is 9.55 Å². The molecule has 3 N–H and O–H groups in total. The van der Waals surface area contributed by atoms with Crippen LogP contribution in [0, 0.1) is 11.6 Å². The number of rotatable bonds is 11. The minimum absolute atomic E-state index is 0.0506. The van der Waals surface area contributed by atoms with Gasteiger partial charge in [0.15, 0.2) is 23.1 Å². The van der Waals surface area contributed by atoms with Crippen LogP contribution in [0.25, 0.3) is 10.9 Å². The Labute approximate surface area is 287 Å². The van der Waals surface area contributed by atoms with Crippen molar-refractivity contribution in [1.29, 1.82) is 0 Å². The fraction of sp³-hybridized carbons (Fsp3) is 0.200. The van der Waals surface area contributed by atoms with Crippen LogP contribution in [0.1, 0.15) is 35.5 Å². The molecule has 49 heavy (non-hydrogen) atoms. The molecular weight excluding hydrogens is 706 g/mol. The Morgan fingerprint density at radius 2 is 1.63 bits per heavy atom. The number of nitrogens with one attached hydrogen (secondary N) is 1. The summed E-state index contributed by atoms with van der Waals surface area (Å²) < 4.78 is 52.1. The summed E-state index contributed by atoms with van der Waals surface area (Å²) in [6.45, 7) is 3.11. The molecular formula is C35H31BrF2N4O7. The largest absolute Gasteiger partial charge is 0.493 e. The molecule has 0 aliphatic rings. The Hall–Kier alpha value is -5.50. The molecule has 3 aromatic carbocycles. The summed E-state index contributed by atoms with van der Waals surface area (Å²) in [5.41, 5.74) is 4.71. The molecule has 0 unspecified atom stereocenters. The van der Waals surface area contributed by atoms with Crippen molar-refractivity contribution in [3.05, 3.63) is 116 Å². The van der Waals surface area contributed by atoms with E-state index in [1.165, 1.54) is 55.3 Å². The molecule has 0 aliphatic heterocycles. The number of nitrogens with two attached hydrogens (primary N) is 1. The van der Waals surface area contributed by atoms with Crippen LogP contribution in [0.3, 0.4) is 0 Å². The summed E-state index contributed by atoms with van der Waals surface area (Å²) in [4.78, 5) is 43.2. The maximum absolute atomic E-state index is 15.4. The van der Waals surface area contributed by atoms with Crippen molar-refractivity contribution in [3.63, 3.8) is 0 Å². The smallest absolute Gasteiger partial charge is 0.404 e. The molecule has 0 saturated carbocycles. The summed E-state index contributed by atoms with van der Waals surface area (Å²) in [5.74, 6) is -0.962. The Bertz CT molecular complexity index is 2120. The van der Waals surface area contributed by atoms with Gasteiger partial charge in [0.2, 0.25) is 0 Å². The minimum atomic E-state index is -1.06.